The summed E-state index contributed by atoms with van der Waals surface area (Å²) in [7, 11) is 1.69. The van der Waals surface area contributed by atoms with Crippen molar-refractivity contribution in [3.63, 3.8) is 0 Å². The van der Waals surface area contributed by atoms with Gasteiger partial charge in [0.05, 0.1) is 13.2 Å². The monoisotopic (exact) mass is 276 g/mol. The first-order valence-electron chi connectivity index (χ1n) is 6.54. The van der Waals surface area contributed by atoms with Gasteiger partial charge in [-0.25, -0.2) is 0 Å². The second kappa shape index (κ2) is 6.68. The molecular formula is C15H20N2OS. The van der Waals surface area contributed by atoms with Crippen molar-refractivity contribution < 1.29 is 4.74 Å². The third kappa shape index (κ3) is 3.14. The molecule has 1 unspecified atom stereocenters. The molecule has 0 aliphatic carbocycles. The number of pyridine rings is 1. The van der Waals surface area contributed by atoms with E-state index in [2.05, 4.69) is 35.6 Å². The number of rotatable bonds is 6. The molecule has 0 aliphatic heterocycles. The molecule has 0 amide bonds. The quantitative estimate of drug-likeness (QED) is 0.876. The molecule has 0 aromatic carbocycles. The Kier molecular flexibility index (Phi) is 4.93. The molecule has 102 valence electrons. The van der Waals surface area contributed by atoms with Gasteiger partial charge in [0, 0.05) is 11.1 Å². The Labute approximate surface area is 118 Å². The number of aryl methyl sites for hydroxylation is 1. The van der Waals surface area contributed by atoms with Crippen LogP contribution in [0.1, 0.15) is 35.5 Å². The molecule has 2 rings (SSSR count). The lowest BCUT2D eigenvalue weighted by Gasteiger charge is -2.20. The number of nitrogens with one attached hydrogen (secondary N) is 1. The fourth-order valence-electron chi connectivity index (χ4n) is 2.07. The van der Waals surface area contributed by atoms with Crippen molar-refractivity contribution in [1.82, 2.24) is 10.3 Å². The molecular weight excluding hydrogens is 256 g/mol. The van der Waals surface area contributed by atoms with E-state index in [4.69, 9.17) is 4.74 Å². The molecule has 0 saturated carbocycles. The largest absolute Gasteiger partial charge is 0.495 e. The van der Waals surface area contributed by atoms with Gasteiger partial charge in [0.15, 0.2) is 0 Å². The number of hydrogen-bond acceptors (Lipinski definition) is 4. The van der Waals surface area contributed by atoms with Crippen LogP contribution in [0.25, 0.3) is 0 Å². The number of nitrogens with zero attached hydrogens (tertiary/aromatic N) is 1. The molecule has 0 saturated heterocycles. The van der Waals surface area contributed by atoms with E-state index in [9.17, 15) is 0 Å². The Hall–Kier alpha value is -1.39. The van der Waals surface area contributed by atoms with Crippen molar-refractivity contribution in [3.8, 4) is 5.75 Å². The Morgan fingerprint density at radius 1 is 1.42 bits per heavy atom. The van der Waals surface area contributed by atoms with E-state index in [1.54, 1.807) is 18.4 Å². The SMILES string of the molecule is CCCNC(c1ncccc1OC)c1sccc1C. The Morgan fingerprint density at radius 3 is 2.89 bits per heavy atom. The van der Waals surface area contributed by atoms with Crippen LogP contribution in [0.2, 0.25) is 0 Å². The van der Waals surface area contributed by atoms with Crippen LogP contribution in [0.4, 0.5) is 0 Å². The van der Waals surface area contributed by atoms with Gasteiger partial charge in [-0.3, -0.25) is 4.98 Å². The average molecular weight is 276 g/mol. The van der Waals surface area contributed by atoms with Crippen LogP contribution in [0.15, 0.2) is 29.8 Å². The van der Waals surface area contributed by atoms with Crippen molar-refractivity contribution in [3.05, 3.63) is 45.9 Å². The van der Waals surface area contributed by atoms with E-state index >= 15 is 0 Å². The van der Waals surface area contributed by atoms with Gasteiger partial charge in [-0.1, -0.05) is 6.92 Å². The van der Waals surface area contributed by atoms with Gasteiger partial charge in [0.25, 0.3) is 0 Å². The third-order valence-electron chi connectivity index (χ3n) is 3.06. The number of thiophene rings is 1. The van der Waals surface area contributed by atoms with Gasteiger partial charge in [0.1, 0.15) is 11.4 Å². The van der Waals surface area contributed by atoms with Gasteiger partial charge in [-0.2, -0.15) is 0 Å². The minimum Gasteiger partial charge on any atom is -0.495 e. The summed E-state index contributed by atoms with van der Waals surface area (Å²) in [6.07, 6.45) is 2.91. The zero-order valence-corrected chi connectivity index (χ0v) is 12.5. The molecule has 0 radical (unpaired) electrons. The zero-order valence-electron chi connectivity index (χ0n) is 11.6. The fraction of sp³-hybridized carbons (Fsp3) is 0.400. The van der Waals surface area contributed by atoms with E-state index in [0.29, 0.717) is 0 Å². The Morgan fingerprint density at radius 2 is 2.26 bits per heavy atom. The summed E-state index contributed by atoms with van der Waals surface area (Å²) in [6, 6.07) is 6.12. The highest BCUT2D eigenvalue weighted by Crippen LogP contribution is 2.32. The number of hydrogen-bond donors (Lipinski definition) is 1. The highest BCUT2D eigenvalue weighted by molar-refractivity contribution is 7.10. The van der Waals surface area contributed by atoms with Crippen LogP contribution in [0, 0.1) is 6.92 Å². The first-order valence-corrected chi connectivity index (χ1v) is 7.42. The van der Waals surface area contributed by atoms with Gasteiger partial charge in [-0.05, 0) is 49.0 Å². The van der Waals surface area contributed by atoms with E-state index in [1.165, 1.54) is 10.4 Å². The molecule has 19 heavy (non-hydrogen) atoms. The predicted octanol–water partition coefficient (Wildman–Crippen LogP) is 3.55. The van der Waals surface area contributed by atoms with Gasteiger partial charge in [0.2, 0.25) is 0 Å². The molecule has 2 aromatic heterocycles. The van der Waals surface area contributed by atoms with Crippen molar-refractivity contribution in [2.75, 3.05) is 13.7 Å². The van der Waals surface area contributed by atoms with Gasteiger partial charge in [-0.15, -0.1) is 11.3 Å². The first-order chi connectivity index (χ1) is 9.27. The summed E-state index contributed by atoms with van der Waals surface area (Å²) < 4.78 is 5.45. The lowest BCUT2D eigenvalue weighted by molar-refractivity contribution is 0.400. The highest BCUT2D eigenvalue weighted by atomic mass is 32.1. The van der Waals surface area contributed by atoms with Crippen LogP contribution in [0.5, 0.6) is 5.75 Å². The topological polar surface area (TPSA) is 34.2 Å². The molecule has 0 spiro atoms. The summed E-state index contributed by atoms with van der Waals surface area (Å²) in [5, 5.41) is 5.70. The van der Waals surface area contributed by atoms with E-state index < -0.39 is 0 Å². The average Bonchev–Trinajstić information content (AvgIpc) is 2.86. The maximum atomic E-state index is 5.45. The number of methoxy groups -OCH3 is 1. The van der Waals surface area contributed by atoms with Gasteiger partial charge >= 0.3 is 0 Å². The summed E-state index contributed by atoms with van der Waals surface area (Å²) in [6.45, 7) is 5.27. The second-order valence-corrected chi connectivity index (χ2v) is 5.39. The minimum atomic E-state index is 0.107. The van der Waals surface area contributed by atoms with E-state index in [-0.39, 0.29) is 6.04 Å². The van der Waals surface area contributed by atoms with Crippen LogP contribution in [-0.2, 0) is 0 Å². The molecule has 1 N–H and O–H groups in total. The van der Waals surface area contributed by atoms with Crippen LogP contribution in [-0.4, -0.2) is 18.6 Å². The molecule has 2 heterocycles. The van der Waals surface area contributed by atoms with Crippen molar-refractivity contribution in [1.29, 1.82) is 0 Å². The fourth-order valence-corrected chi connectivity index (χ4v) is 3.08. The Bertz CT molecular complexity index is 524. The van der Waals surface area contributed by atoms with E-state index in [1.807, 2.05) is 18.3 Å². The summed E-state index contributed by atoms with van der Waals surface area (Å²) in [4.78, 5) is 5.83. The van der Waals surface area contributed by atoms with Crippen molar-refractivity contribution in [2.45, 2.75) is 26.3 Å². The lowest BCUT2D eigenvalue weighted by Crippen LogP contribution is -2.24. The highest BCUT2D eigenvalue weighted by Gasteiger charge is 2.21. The Balaban J connectivity index is 2.40. The van der Waals surface area contributed by atoms with Crippen LogP contribution in [0.3, 0.4) is 0 Å². The maximum absolute atomic E-state index is 5.45. The number of ether oxygens (including phenoxy) is 1. The summed E-state index contributed by atoms with van der Waals surface area (Å²) >= 11 is 1.76. The van der Waals surface area contributed by atoms with Gasteiger partial charge < -0.3 is 10.1 Å². The second-order valence-electron chi connectivity index (χ2n) is 4.45. The molecule has 1 atom stereocenters. The maximum Gasteiger partial charge on any atom is 0.142 e. The first kappa shape index (κ1) is 14.0. The third-order valence-corrected chi connectivity index (χ3v) is 4.14. The summed E-state index contributed by atoms with van der Waals surface area (Å²) in [5.74, 6) is 0.837. The summed E-state index contributed by atoms with van der Waals surface area (Å²) in [5.41, 5.74) is 2.26. The minimum absolute atomic E-state index is 0.107. The molecule has 0 bridgehead atoms. The lowest BCUT2D eigenvalue weighted by atomic mass is 10.1. The normalized spacial score (nSPS) is 12.4. The predicted molar refractivity (Wildman–Crippen MR) is 80.0 cm³/mol. The zero-order chi connectivity index (χ0) is 13.7. The molecule has 2 aromatic rings. The molecule has 0 aliphatic rings. The molecule has 3 nitrogen and oxygen atoms in total. The van der Waals surface area contributed by atoms with E-state index in [0.717, 1.165) is 24.4 Å². The smallest absolute Gasteiger partial charge is 0.142 e. The van der Waals surface area contributed by atoms with Crippen molar-refractivity contribution in [2.24, 2.45) is 0 Å². The van der Waals surface area contributed by atoms with Crippen LogP contribution < -0.4 is 10.1 Å². The standard InChI is InChI=1S/C15H20N2OS/c1-4-8-16-14(15-11(2)7-10-19-15)13-12(18-3)6-5-9-17-13/h5-7,9-10,14,16H,4,8H2,1-3H3. The van der Waals surface area contributed by atoms with Crippen LogP contribution >= 0.6 is 11.3 Å². The van der Waals surface area contributed by atoms with Crippen molar-refractivity contribution >= 4 is 11.3 Å². The number of aromatic nitrogens is 1. The molecule has 4 heteroatoms. The molecule has 0 fully saturated rings.